The van der Waals surface area contributed by atoms with E-state index >= 15 is 0 Å². The predicted octanol–water partition coefficient (Wildman–Crippen LogP) is 14.4. The zero-order valence-electron chi connectivity index (χ0n) is 32.6. The number of nitrogens with zero attached hydrogens (tertiary/aromatic N) is 3. The topological polar surface area (TPSA) is 43.9 Å². The van der Waals surface area contributed by atoms with Crippen molar-refractivity contribution in [3.63, 3.8) is 0 Å². The van der Waals surface area contributed by atoms with Gasteiger partial charge in [-0.25, -0.2) is 9.97 Å². The van der Waals surface area contributed by atoms with Gasteiger partial charge in [0.1, 0.15) is 11.2 Å². The van der Waals surface area contributed by atoms with Crippen LogP contribution in [-0.4, -0.2) is 14.5 Å². The van der Waals surface area contributed by atoms with Crippen molar-refractivity contribution in [2.24, 2.45) is 0 Å². The van der Waals surface area contributed by atoms with Crippen LogP contribution in [0.15, 0.2) is 192 Å². The van der Waals surface area contributed by atoms with E-state index in [0.717, 1.165) is 61.4 Å². The fourth-order valence-electron chi connectivity index (χ4n) is 9.39. The molecule has 4 heteroatoms. The second kappa shape index (κ2) is 12.7. The highest BCUT2D eigenvalue weighted by Gasteiger charge is 2.37. The molecule has 0 unspecified atom stereocenters. The Balaban J connectivity index is 0.921. The van der Waals surface area contributed by atoms with Crippen molar-refractivity contribution in [1.29, 1.82) is 0 Å². The summed E-state index contributed by atoms with van der Waals surface area (Å²) in [5.41, 5.74) is 17.7. The molecule has 1 aliphatic carbocycles. The molecular formula is C55H37N3O. The van der Waals surface area contributed by atoms with Gasteiger partial charge >= 0.3 is 0 Å². The third-order valence-electron chi connectivity index (χ3n) is 12.4. The number of aromatic nitrogens is 3. The number of hydrogen-bond acceptors (Lipinski definition) is 3. The van der Waals surface area contributed by atoms with Crippen molar-refractivity contribution in [3.8, 4) is 61.8 Å². The largest absolute Gasteiger partial charge is 0.456 e. The Labute approximate surface area is 341 Å². The molecule has 1 aliphatic rings. The smallest absolute Gasteiger partial charge is 0.160 e. The van der Waals surface area contributed by atoms with Crippen molar-refractivity contribution in [1.82, 2.24) is 14.5 Å². The Kier molecular flexibility index (Phi) is 7.24. The molecule has 278 valence electrons. The molecule has 0 aliphatic heterocycles. The van der Waals surface area contributed by atoms with Gasteiger partial charge in [-0.1, -0.05) is 147 Å². The number of hydrogen-bond donors (Lipinski definition) is 0. The van der Waals surface area contributed by atoms with Crippen LogP contribution in [0.25, 0.3) is 106 Å². The molecule has 0 fully saturated rings. The number of para-hydroxylation sites is 2. The van der Waals surface area contributed by atoms with Crippen LogP contribution < -0.4 is 0 Å². The van der Waals surface area contributed by atoms with E-state index < -0.39 is 0 Å². The average molecular weight is 756 g/mol. The lowest BCUT2D eigenvalue weighted by Crippen LogP contribution is -2.15. The molecule has 12 rings (SSSR count). The first-order valence-corrected chi connectivity index (χ1v) is 20.2. The second-order valence-electron chi connectivity index (χ2n) is 16.2. The Morgan fingerprint density at radius 3 is 1.63 bits per heavy atom. The number of fused-ring (bicyclic) bond motifs is 9. The van der Waals surface area contributed by atoms with Gasteiger partial charge in [-0.3, -0.25) is 0 Å². The van der Waals surface area contributed by atoms with Gasteiger partial charge in [0, 0.05) is 49.3 Å². The molecule has 0 saturated heterocycles. The van der Waals surface area contributed by atoms with Crippen LogP contribution in [0, 0.1) is 0 Å². The van der Waals surface area contributed by atoms with E-state index in [9.17, 15) is 0 Å². The quantitative estimate of drug-likeness (QED) is 0.176. The van der Waals surface area contributed by atoms with Gasteiger partial charge in [0.25, 0.3) is 0 Å². The maximum Gasteiger partial charge on any atom is 0.160 e. The molecule has 0 N–H and O–H groups in total. The number of furan rings is 1. The Morgan fingerprint density at radius 1 is 0.407 bits per heavy atom. The van der Waals surface area contributed by atoms with E-state index in [1.165, 1.54) is 49.4 Å². The summed E-state index contributed by atoms with van der Waals surface area (Å²) in [5.74, 6) is 0.707. The first kappa shape index (κ1) is 33.6. The van der Waals surface area contributed by atoms with Crippen molar-refractivity contribution >= 4 is 43.7 Å². The van der Waals surface area contributed by atoms with E-state index in [1.807, 2.05) is 42.5 Å². The molecule has 0 saturated carbocycles. The van der Waals surface area contributed by atoms with Gasteiger partial charge in [0.2, 0.25) is 0 Å². The van der Waals surface area contributed by atoms with Crippen LogP contribution >= 0.6 is 0 Å². The van der Waals surface area contributed by atoms with Crippen molar-refractivity contribution in [3.05, 3.63) is 199 Å². The van der Waals surface area contributed by atoms with Crippen LogP contribution in [0.2, 0.25) is 0 Å². The molecule has 0 radical (unpaired) electrons. The van der Waals surface area contributed by atoms with Gasteiger partial charge in [0.05, 0.1) is 22.4 Å². The highest BCUT2D eigenvalue weighted by molar-refractivity contribution is 6.13. The molecule has 8 aromatic carbocycles. The summed E-state index contributed by atoms with van der Waals surface area (Å²) in [6, 6.07) is 67.0. The highest BCUT2D eigenvalue weighted by Crippen LogP contribution is 2.53. The van der Waals surface area contributed by atoms with Gasteiger partial charge in [-0.05, 0) is 88.0 Å². The Bertz CT molecular complexity index is 3370. The molecular weight excluding hydrogens is 719 g/mol. The van der Waals surface area contributed by atoms with E-state index in [4.69, 9.17) is 14.4 Å². The fourth-order valence-corrected chi connectivity index (χ4v) is 9.39. The van der Waals surface area contributed by atoms with Crippen LogP contribution in [0.3, 0.4) is 0 Å². The monoisotopic (exact) mass is 755 g/mol. The second-order valence-corrected chi connectivity index (χ2v) is 16.2. The van der Waals surface area contributed by atoms with Crippen LogP contribution in [0.1, 0.15) is 25.0 Å². The lowest BCUT2D eigenvalue weighted by Gasteiger charge is -2.21. The summed E-state index contributed by atoms with van der Waals surface area (Å²) in [7, 11) is 0. The minimum Gasteiger partial charge on any atom is -0.456 e. The third-order valence-corrected chi connectivity index (χ3v) is 12.4. The number of rotatable bonds is 5. The minimum absolute atomic E-state index is 0.194. The molecule has 0 spiro atoms. The molecule has 3 heterocycles. The van der Waals surface area contributed by atoms with Crippen LogP contribution in [-0.2, 0) is 5.41 Å². The van der Waals surface area contributed by atoms with Gasteiger partial charge < -0.3 is 8.98 Å². The first-order chi connectivity index (χ1) is 29.0. The third kappa shape index (κ3) is 5.23. The van der Waals surface area contributed by atoms with E-state index in [0.29, 0.717) is 5.82 Å². The zero-order valence-corrected chi connectivity index (χ0v) is 32.6. The molecule has 3 aromatic heterocycles. The maximum atomic E-state index is 6.36. The van der Waals surface area contributed by atoms with Gasteiger partial charge in [0.15, 0.2) is 5.82 Å². The summed E-state index contributed by atoms with van der Waals surface area (Å²) in [4.78, 5) is 10.1. The Morgan fingerprint density at radius 2 is 0.949 bits per heavy atom. The first-order valence-electron chi connectivity index (χ1n) is 20.2. The minimum atomic E-state index is -0.194. The van der Waals surface area contributed by atoms with Gasteiger partial charge in [-0.15, -0.1) is 0 Å². The summed E-state index contributed by atoms with van der Waals surface area (Å²) >= 11 is 0. The highest BCUT2D eigenvalue weighted by atomic mass is 16.3. The SMILES string of the molecule is CC1(C)c2cc3oc4ccccc4c3cc2-c2cc3c4ccccc4n(-c4ccc(-c5ccc(-c6nc(-c7ccccc7)cc(-c7ccccc7)n6)cc5)cc4)c3cc21. The lowest BCUT2D eigenvalue weighted by molar-refractivity contribution is 0.647. The lowest BCUT2D eigenvalue weighted by atomic mass is 9.82. The molecule has 0 bridgehead atoms. The van der Waals surface area contributed by atoms with Crippen LogP contribution in [0.4, 0.5) is 0 Å². The molecule has 11 aromatic rings. The summed E-state index contributed by atoms with van der Waals surface area (Å²) in [5, 5.41) is 4.84. The van der Waals surface area contributed by atoms with Crippen molar-refractivity contribution in [2.75, 3.05) is 0 Å². The Hall–Kier alpha value is -7.56. The summed E-state index contributed by atoms with van der Waals surface area (Å²) < 4.78 is 8.79. The van der Waals surface area contributed by atoms with Gasteiger partial charge in [-0.2, -0.15) is 0 Å². The van der Waals surface area contributed by atoms with Crippen molar-refractivity contribution in [2.45, 2.75) is 19.3 Å². The van der Waals surface area contributed by atoms with E-state index in [1.54, 1.807) is 0 Å². The van der Waals surface area contributed by atoms with Crippen molar-refractivity contribution < 1.29 is 4.42 Å². The zero-order chi connectivity index (χ0) is 39.2. The molecule has 4 nitrogen and oxygen atoms in total. The number of benzene rings is 8. The van der Waals surface area contributed by atoms with E-state index in [2.05, 4.69) is 164 Å². The average Bonchev–Trinajstić information content (AvgIpc) is 3.90. The summed E-state index contributed by atoms with van der Waals surface area (Å²) in [6.45, 7) is 4.69. The van der Waals surface area contributed by atoms with E-state index in [-0.39, 0.29) is 5.41 Å². The fraction of sp³-hybridized carbons (Fsp3) is 0.0545. The summed E-state index contributed by atoms with van der Waals surface area (Å²) in [6.07, 6.45) is 0. The van der Waals surface area contributed by atoms with Crippen LogP contribution in [0.5, 0.6) is 0 Å². The predicted molar refractivity (Wildman–Crippen MR) is 243 cm³/mol. The molecule has 0 amide bonds. The molecule has 0 atom stereocenters. The maximum absolute atomic E-state index is 6.36. The standard InChI is InChI=1S/C55H37N3O/c1-55(2)46-31-51-44(29-42(46)43-30-45-41-18-10-12-20-52(41)59-53(45)32-47(43)55)40-17-9-11-19-50(40)58(51)39-27-25-35(26-28-39)34-21-23-38(24-22-34)54-56-48(36-13-5-3-6-14-36)33-49(57-54)37-15-7-4-8-16-37/h3-33H,1-2H3. The molecule has 59 heavy (non-hydrogen) atoms. The normalized spacial score (nSPS) is 13.1.